The van der Waals surface area contributed by atoms with Crippen molar-refractivity contribution in [2.45, 2.75) is 13.3 Å². The Morgan fingerprint density at radius 2 is 2.04 bits per heavy atom. The summed E-state index contributed by atoms with van der Waals surface area (Å²) in [5.41, 5.74) is 7.67. The summed E-state index contributed by atoms with van der Waals surface area (Å²) in [5, 5.41) is 15.8. The van der Waals surface area contributed by atoms with Crippen LogP contribution >= 0.6 is 11.3 Å². The van der Waals surface area contributed by atoms with E-state index in [1.807, 2.05) is 60.8 Å². The molecule has 0 saturated heterocycles. The van der Waals surface area contributed by atoms with E-state index in [1.54, 1.807) is 6.21 Å². The molecule has 0 bridgehead atoms. The number of aliphatic carboxylic acids is 1. The Balaban J connectivity index is 1.68. The molecule has 3 rings (SSSR count). The number of thiazole rings is 1. The standard InChI is InChI=1S/C19H17N3O2S/c1-13-12-25-19(21-13)22-20-11-14-5-7-16(8-6-14)17-4-2-3-15(9-17)10-18(23)24/h2-9,11-12H,10H2,1H3,(H,21,22)(H,23,24). The first-order valence-corrected chi connectivity index (χ1v) is 8.60. The first-order valence-electron chi connectivity index (χ1n) is 7.72. The lowest BCUT2D eigenvalue weighted by atomic mass is 10.0. The summed E-state index contributed by atoms with van der Waals surface area (Å²) in [6, 6.07) is 15.5. The predicted octanol–water partition coefficient (Wildman–Crippen LogP) is 4.19. The Kier molecular flexibility index (Phi) is 5.20. The lowest BCUT2D eigenvalue weighted by Crippen LogP contribution is -1.99. The SMILES string of the molecule is Cc1csc(NN=Cc2ccc(-c3cccc(CC(=O)O)c3)cc2)n1. The summed E-state index contributed by atoms with van der Waals surface area (Å²) in [4.78, 5) is 15.1. The number of nitrogens with one attached hydrogen (secondary N) is 1. The van der Waals surface area contributed by atoms with Crippen molar-refractivity contribution in [2.75, 3.05) is 5.43 Å². The highest BCUT2D eigenvalue weighted by atomic mass is 32.1. The van der Waals surface area contributed by atoms with E-state index in [-0.39, 0.29) is 6.42 Å². The van der Waals surface area contributed by atoms with E-state index in [4.69, 9.17) is 5.11 Å². The second-order valence-electron chi connectivity index (χ2n) is 5.56. The van der Waals surface area contributed by atoms with Gasteiger partial charge in [-0.3, -0.25) is 10.2 Å². The fourth-order valence-corrected chi connectivity index (χ4v) is 3.00. The highest BCUT2D eigenvalue weighted by Crippen LogP contribution is 2.21. The lowest BCUT2D eigenvalue weighted by Gasteiger charge is -2.05. The van der Waals surface area contributed by atoms with Crippen LogP contribution in [0.5, 0.6) is 0 Å². The quantitative estimate of drug-likeness (QED) is 0.516. The maximum absolute atomic E-state index is 10.8. The summed E-state index contributed by atoms with van der Waals surface area (Å²) in [6.45, 7) is 1.94. The third-order valence-electron chi connectivity index (χ3n) is 3.52. The molecule has 6 heteroatoms. The molecule has 0 aliphatic rings. The van der Waals surface area contributed by atoms with E-state index >= 15 is 0 Å². The zero-order valence-corrected chi connectivity index (χ0v) is 14.5. The van der Waals surface area contributed by atoms with Gasteiger partial charge in [-0.05, 0) is 29.2 Å². The molecule has 0 atom stereocenters. The molecule has 1 aromatic heterocycles. The summed E-state index contributed by atoms with van der Waals surface area (Å²) < 4.78 is 0. The zero-order valence-electron chi connectivity index (χ0n) is 13.6. The van der Waals surface area contributed by atoms with Gasteiger partial charge in [-0.25, -0.2) is 4.98 Å². The van der Waals surface area contributed by atoms with Crippen molar-refractivity contribution in [2.24, 2.45) is 5.10 Å². The normalized spacial score (nSPS) is 10.9. The van der Waals surface area contributed by atoms with Gasteiger partial charge in [-0.15, -0.1) is 11.3 Å². The highest BCUT2D eigenvalue weighted by Gasteiger charge is 2.03. The van der Waals surface area contributed by atoms with Crippen LogP contribution in [0.25, 0.3) is 11.1 Å². The number of anilines is 1. The number of aryl methyl sites for hydroxylation is 1. The van der Waals surface area contributed by atoms with Crippen LogP contribution in [0, 0.1) is 6.92 Å². The number of carboxylic acids is 1. The van der Waals surface area contributed by atoms with Crippen molar-refractivity contribution in [3.63, 3.8) is 0 Å². The predicted molar refractivity (Wildman–Crippen MR) is 101 cm³/mol. The molecule has 0 amide bonds. The number of rotatable bonds is 6. The van der Waals surface area contributed by atoms with Gasteiger partial charge in [0.25, 0.3) is 0 Å². The molecule has 0 spiro atoms. The van der Waals surface area contributed by atoms with Crippen molar-refractivity contribution < 1.29 is 9.90 Å². The smallest absolute Gasteiger partial charge is 0.307 e. The second-order valence-corrected chi connectivity index (χ2v) is 6.42. The second kappa shape index (κ2) is 7.72. The van der Waals surface area contributed by atoms with E-state index in [0.29, 0.717) is 0 Å². The molecule has 25 heavy (non-hydrogen) atoms. The Morgan fingerprint density at radius 3 is 2.72 bits per heavy atom. The summed E-state index contributed by atoms with van der Waals surface area (Å²) >= 11 is 1.51. The van der Waals surface area contributed by atoms with Crippen molar-refractivity contribution in [1.82, 2.24) is 4.98 Å². The average molecular weight is 351 g/mol. The summed E-state index contributed by atoms with van der Waals surface area (Å²) in [6.07, 6.45) is 1.77. The Hall–Kier alpha value is -2.99. The molecule has 0 radical (unpaired) electrons. The summed E-state index contributed by atoms with van der Waals surface area (Å²) in [7, 11) is 0. The molecule has 1 heterocycles. The zero-order chi connectivity index (χ0) is 17.6. The first-order chi connectivity index (χ1) is 12.1. The minimum Gasteiger partial charge on any atom is -0.481 e. The molecule has 2 aromatic carbocycles. The molecule has 0 saturated carbocycles. The number of aromatic nitrogens is 1. The van der Waals surface area contributed by atoms with Gasteiger partial charge < -0.3 is 5.11 Å². The van der Waals surface area contributed by atoms with Crippen LogP contribution in [-0.4, -0.2) is 22.3 Å². The largest absolute Gasteiger partial charge is 0.481 e. The monoisotopic (exact) mass is 351 g/mol. The van der Waals surface area contributed by atoms with E-state index in [9.17, 15) is 4.79 Å². The number of carboxylic acid groups (broad SMARTS) is 1. The minimum absolute atomic E-state index is 0.0283. The number of carbonyl (C=O) groups is 1. The van der Waals surface area contributed by atoms with Crippen molar-refractivity contribution in [1.29, 1.82) is 0 Å². The van der Waals surface area contributed by atoms with Gasteiger partial charge in [-0.1, -0.05) is 48.5 Å². The Bertz CT molecular complexity index is 901. The number of hydrogen-bond acceptors (Lipinski definition) is 5. The molecule has 126 valence electrons. The van der Waals surface area contributed by atoms with E-state index < -0.39 is 5.97 Å². The van der Waals surface area contributed by atoms with Crippen LogP contribution in [0.1, 0.15) is 16.8 Å². The van der Waals surface area contributed by atoms with Crippen LogP contribution in [0.3, 0.4) is 0 Å². The molecule has 0 aliphatic carbocycles. The molecular formula is C19H17N3O2S. The third kappa shape index (κ3) is 4.74. The van der Waals surface area contributed by atoms with Crippen molar-refractivity contribution in [3.05, 3.63) is 70.7 Å². The van der Waals surface area contributed by atoms with Crippen LogP contribution in [0.2, 0.25) is 0 Å². The molecule has 3 aromatic rings. The first kappa shape index (κ1) is 16.9. The number of nitrogens with zero attached hydrogens (tertiary/aromatic N) is 2. The Labute approximate surface area is 149 Å². The maximum Gasteiger partial charge on any atom is 0.307 e. The number of hydrogen-bond donors (Lipinski definition) is 2. The van der Waals surface area contributed by atoms with Crippen LogP contribution in [0.4, 0.5) is 5.13 Å². The van der Waals surface area contributed by atoms with Gasteiger partial charge in [0.05, 0.1) is 18.3 Å². The van der Waals surface area contributed by atoms with E-state index in [2.05, 4.69) is 15.5 Å². The van der Waals surface area contributed by atoms with Crippen LogP contribution in [0.15, 0.2) is 59.0 Å². The van der Waals surface area contributed by atoms with Crippen LogP contribution in [-0.2, 0) is 11.2 Å². The van der Waals surface area contributed by atoms with E-state index in [1.165, 1.54) is 11.3 Å². The Morgan fingerprint density at radius 1 is 1.24 bits per heavy atom. The fourth-order valence-electron chi connectivity index (χ4n) is 2.36. The van der Waals surface area contributed by atoms with E-state index in [0.717, 1.165) is 33.1 Å². The van der Waals surface area contributed by atoms with Gasteiger partial charge in [0, 0.05) is 5.38 Å². The van der Waals surface area contributed by atoms with Crippen molar-refractivity contribution >= 4 is 28.7 Å². The lowest BCUT2D eigenvalue weighted by molar-refractivity contribution is -0.136. The minimum atomic E-state index is -0.827. The maximum atomic E-state index is 10.8. The molecular weight excluding hydrogens is 334 g/mol. The fraction of sp³-hybridized carbons (Fsp3) is 0.105. The molecule has 0 fully saturated rings. The topological polar surface area (TPSA) is 74.6 Å². The number of hydrazone groups is 1. The van der Waals surface area contributed by atoms with Crippen molar-refractivity contribution in [3.8, 4) is 11.1 Å². The van der Waals surface area contributed by atoms with Gasteiger partial charge in [-0.2, -0.15) is 5.10 Å². The molecule has 0 unspecified atom stereocenters. The molecule has 5 nitrogen and oxygen atoms in total. The average Bonchev–Trinajstić information content (AvgIpc) is 3.00. The summed E-state index contributed by atoms with van der Waals surface area (Å²) in [5.74, 6) is -0.827. The highest BCUT2D eigenvalue weighted by molar-refractivity contribution is 7.13. The van der Waals surface area contributed by atoms with Gasteiger partial charge >= 0.3 is 5.97 Å². The molecule has 2 N–H and O–H groups in total. The molecule has 0 aliphatic heterocycles. The van der Waals surface area contributed by atoms with Gasteiger partial charge in [0.15, 0.2) is 0 Å². The van der Waals surface area contributed by atoms with Gasteiger partial charge in [0.2, 0.25) is 5.13 Å². The third-order valence-corrected chi connectivity index (χ3v) is 4.38. The van der Waals surface area contributed by atoms with Gasteiger partial charge in [0.1, 0.15) is 0 Å². The number of benzene rings is 2. The van der Waals surface area contributed by atoms with Crippen LogP contribution < -0.4 is 5.43 Å².